The van der Waals surface area contributed by atoms with Crippen molar-refractivity contribution in [2.75, 3.05) is 33.3 Å². The van der Waals surface area contributed by atoms with Crippen molar-refractivity contribution in [2.45, 2.75) is 37.9 Å². The number of hydrogen-bond donors (Lipinski definition) is 2. The molecule has 7 nitrogen and oxygen atoms in total. The van der Waals surface area contributed by atoms with Crippen LogP contribution in [0.5, 0.6) is 0 Å². The molecule has 2 heterocycles. The summed E-state index contributed by atoms with van der Waals surface area (Å²) in [7, 11) is 1.43. The first-order valence-electron chi connectivity index (χ1n) is 8.19. The molecule has 0 radical (unpaired) electrons. The molecular formula is C15H26N4O3. The van der Waals surface area contributed by atoms with Crippen LogP contribution in [0, 0.1) is 11.8 Å². The lowest BCUT2D eigenvalue weighted by Crippen LogP contribution is -2.46. The normalized spacial score (nSPS) is 34.1. The molecule has 0 aromatic heterocycles. The molecule has 3 N–H and O–H groups in total. The number of nitrogens with two attached hydrogens (primary N) is 1. The molecule has 0 aromatic carbocycles. The highest BCUT2D eigenvalue weighted by atomic mass is 16.5. The second kappa shape index (κ2) is 6.42. The van der Waals surface area contributed by atoms with Gasteiger partial charge in [-0.05, 0) is 37.5 Å². The maximum atomic E-state index is 12.2. The van der Waals surface area contributed by atoms with E-state index in [1.807, 2.05) is 0 Å². The molecule has 3 aliphatic rings. The van der Waals surface area contributed by atoms with Gasteiger partial charge >= 0.3 is 6.09 Å². The van der Waals surface area contributed by atoms with Gasteiger partial charge in [0.15, 0.2) is 0 Å². The van der Waals surface area contributed by atoms with E-state index in [0.29, 0.717) is 24.4 Å². The van der Waals surface area contributed by atoms with E-state index in [0.717, 1.165) is 45.3 Å². The molecule has 0 spiro atoms. The van der Waals surface area contributed by atoms with Crippen LogP contribution in [-0.4, -0.2) is 67.3 Å². The maximum absolute atomic E-state index is 12.2. The molecule has 0 aromatic rings. The van der Waals surface area contributed by atoms with Crippen molar-refractivity contribution < 1.29 is 14.3 Å². The molecule has 2 amide bonds. The van der Waals surface area contributed by atoms with Gasteiger partial charge in [-0.1, -0.05) is 0 Å². The van der Waals surface area contributed by atoms with Gasteiger partial charge in [0.05, 0.1) is 19.8 Å². The molecule has 1 unspecified atom stereocenters. The van der Waals surface area contributed by atoms with Crippen LogP contribution >= 0.6 is 0 Å². The number of methoxy groups -OCH3 is 1. The molecule has 1 saturated carbocycles. The van der Waals surface area contributed by atoms with E-state index < -0.39 is 0 Å². The largest absolute Gasteiger partial charge is 0.453 e. The van der Waals surface area contributed by atoms with Crippen LogP contribution in [0.4, 0.5) is 4.79 Å². The van der Waals surface area contributed by atoms with Gasteiger partial charge in [-0.2, -0.15) is 0 Å². The fourth-order valence-electron chi connectivity index (χ4n) is 4.18. The fourth-order valence-corrected chi connectivity index (χ4v) is 4.18. The Morgan fingerprint density at radius 3 is 2.50 bits per heavy atom. The molecule has 0 bridgehead atoms. The second-order valence-corrected chi connectivity index (χ2v) is 6.74. The molecule has 2 saturated heterocycles. The first-order chi connectivity index (χ1) is 10.6. The number of carbonyl (C=O) groups excluding carboxylic acids is 2. The van der Waals surface area contributed by atoms with Crippen LogP contribution in [0.15, 0.2) is 0 Å². The molecule has 3 rings (SSSR count). The van der Waals surface area contributed by atoms with Gasteiger partial charge in [0.25, 0.3) is 0 Å². The summed E-state index contributed by atoms with van der Waals surface area (Å²) in [6, 6.07) is 0.373. The standard InChI is InChI=1S/C15H26N4O3/c1-22-15(21)18-8-10-5-12(6-11(10)9-18)17-7-14(20)19-4-2-3-13(19)16/h10-13,17H,2-9,16H2,1H3/t10-,11+,12?,13-/m0/s1. The third-order valence-corrected chi connectivity index (χ3v) is 5.35. The van der Waals surface area contributed by atoms with Crippen molar-refractivity contribution in [1.29, 1.82) is 0 Å². The molecule has 124 valence electrons. The Labute approximate surface area is 131 Å². The summed E-state index contributed by atoms with van der Waals surface area (Å²) in [5.41, 5.74) is 5.92. The van der Waals surface area contributed by atoms with E-state index in [1.165, 1.54) is 7.11 Å². The molecule has 22 heavy (non-hydrogen) atoms. The van der Waals surface area contributed by atoms with E-state index in [2.05, 4.69) is 5.32 Å². The summed E-state index contributed by atoms with van der Waals surface area (Å²) in [5.74, 6) is 1.17. The highest BCUT2D eigenvalue weighted by Gasteiger charge is 2.42. The molecule has 1 aliphatic carbocycles. The van der Waals surface area contributed by atoms with E-state index in [4.69, 9.17) is 10.5 Å². The van der Waals surface area contributed by atoms with Crippen molar-refractivity contribution in [3.8, 4) is 0 Å². The zero-order chi connectivity index (χ0) is 15.7. The fraction of sp³-hybridized carbons (Fsp3) is 0.867. The number of likely N-dealkylation sites (tertiary alicyclic amines) is 2. The van der Waals surface area contributed by atoms with Gasteiger partial charge in [-0.3, -0.25) is 4.79 Å². The van der Waals surface area contributed by atoms with Crippen molar-refractivity contribution in [3.05, 3.63) is 0 Å². The Morgan fingerprint density at radius 2 is 1.95 bits per heavy atom. The van der Waals surface area contributed by atoms with Crippen LogP contribution in [0.25, 0.3) is 0 Å². The van der Waals surface area contributed by atoms with Gasteiger partial charge in [0.2, 0.25) is 5.91 Å². The molecule has 7 heteroatoms. The Hall–Kier alpha value is -1.34. The van der Waals surface area contributed by atoms with Crippen molar-refractivity contribution >= 4 is 12.0 Å². The third-order valence-electron chi connectivity index (χ3n) is 5.35. The number of ether oxygens (including phenoxy) is 1. The number of nitrogens with one attached hydrogen (secondary N) is 1. The smallest absolute Gasteiger partial charge is 0.409 e. The maximum Gasteiger partial charge on any atom is 0.409 e. The number of amides is 2. The van der Waals surface area contributed by atoms with Crippen molar-refractivity contribution in [2.24, 2.45) is 17.6 Å². The predicted octanol–water partition coefficient (Wildman–Crippen LogP) is -0.0400. The van der Waals surface area contributed by atoms with E-state index >= 15 is 0 Å². The number of carbonyl (C=O) groups is 2. The van der Waals surface area contributed by atoms with E-state index in [1.54, 1.807) is 9.80 Å². The monoisotopic (exact) mass is 310 g/mol. The average molecular weight is 310 g/mol. The van der Waals surface area contributed by atoms with E-state index in [-0.39, 0.29) is 18.2 Å². The van der Waals surface area contributed by atoms with Crippen LogP contribution in [0.2, 0.25) is 0 Å². The van der Waals surface area contributed by atoms with Crippen LogP contribution in [0.1, 0.15) is 25.7 Å². The zero-order valence-electron chi connectivity index (χ0n) is 13.2. The van der Waals surface area contributed by atoms with Gasteiger partial charge in [-0.25, -0.2) is 4.79 Å². The molecule has 2 aliphatic heterocycles. The lowest BCUT2D eigenvalue weighted by Gasteiger charge is -2.23. The number of fused-ring (bicyclic) bond motifs is 1. The number of nitrogens with zero attached hydrogens (tertiary/aromatic N) is 2. The van der Waals surface area contributed by atoms with Crippen LogP contribution in [-0.2, 0) is 9.53 Å². The molecular weight excluding hydrogens is 284 g/mol. The summed E-state index contributed by atoms with van der Waals surface area (Å²) in [6.45, 7) is 2.71. The highest BCUT2D eigenvalue weighted by molar-refractivity contribution is 5.78. The Balaban J connectivity index is 1.42. The molecule has 3 fully saturated rings. The van der Waals surface area contributed by atoms with Gasteiger partial charge in [0.1, 0.15) is 0 Å². The Kier molecular flexibility index (Phi) is 4.54. The predicted molar refractivity (Wildman–Crippen MR) is 80.9 cm³/mol. The van der Waals surface area contributed by atoms with Crippen LogP contribution in [0.3, 0.4) is 0 Å². The molecule has 4 atom stereocenters. The minimum atomic E-state index is -0.225. The zero-order valence-corrected chi connectivity index (χ0v) is 13.2. The summed E-state index contributed by atoms with van der Waals surface area (Å²) in [6.07, 6.45) is 3.63. The average Bonchev–Trinajstić information content (AvgIpc) is 3.17. The summed E-state index contributed by atoms with van der Waals surface area (Å²) < 4.78 is 4.78. The van der Waals surface area contributed by atoms with E-state index in [9.17, 15) is 9.59 Å². The SMILES string of the molecule is COC(=O)N1C[C@H]2CC(NCC(=O)N3CCC[C@H]3N)C[C@H]2C1. The number of rotatable bonds is 3. The van der Waals surface area contributed by atoms with Gasteiger partial charge in [-0.15, -0.1) is 0 Å². The highest BCUT2D eigenvalue weighted by Crippen LogP contribution is 2.38. The number of hydrogen-bond acceptors (Lipinski definition) is 5. The minimum Gasteiger partial charge on any atom is -0.453 e. The summed E-state index contributed by atoms with van der Waals surface area (Å²) in [5, 5.41) is 3.38. The quantitative estimate of drug-likeness (QED) is 0.764. The minimum absolute atomic E-state index is 0.106. The third kappa shape index (κ3) is 3.05. The lowest BCUT2D eigenvalue weighted by atomic mass is 10.0. The van der Waals surface area contributed by atoms with Crippen molar-refractivity contribution in [1.82, 2.24) is 15.1 Å². The van der Waals surface area contributed by atoms with Crippen LogP contribution < -0.4 is 11.1 Å². The first-order valence-corrected chi connectivity index (χ1v) is 8.19. The summed E-state index contributed by atoms with van der Waals surface area (Å²) >= 11 is 0. The lowest BCUT2D eigenvalue weighted by molar-refractivity contribution is -0.131. The Morgan fingerprint density at radius 1 is 1.27 bits per heavy atom. The van der Waals surface area contributed by atoms with Gasteiger partial charge < -0.3 is 25.6 Å². The topological polar surface area (TPSA) is 87.9 Å². The Bertz CT molecular complexity index is 431. The summed E-state index contributed by atoms with van der Waals surface area (Å²) in [4.78, 5) is 27.3. The van der Waals surface area contributed by atoms with Crippen molar-refractivity contribution in [3.63, 3.8) is 0 Å². The first kappa shape index (κ1) is 15.6. The van der Waals surface area contributed by atoms with Gasteiger partial charge in [0, 0.05) is 25.7 Å². The second-order valence-electron chi connectivity index (χ2n) is 6.74.